The summed E-state index contributed by atoms with van der Waals surface area (Å²) in [6.45, 7) is 0.238. The van der Waals surface area contributed by atoms with E-state index in [0.717, 1.165) is 47.5 Å². The van der Waals surface area contributed by atoms with E-state index in [2.05, 4.69) is 70.9 Å². The summed E-state index contributed by atoms with van der Waals surface area (Å²) in [6, 6.07) is 27.5. The number of benzene rings is 3. The zero-order valence-electron chi connectivity index (χ0n) is 20.2. The smallest absolute Gasteiger partial charge is 0.269 e. The molecule has 3 aromatic carbocycles. The molecule has 0 bridgehead atoms. The zero-order valence-corrected chi connectivity index (χ0v) is 20.2. The molecule has 2 aliphatic rings. The van der Waals surface area contributed by atoms with Crippen LogP contribution >= 0.6 is 0 Å². The predicted molar refractivity (Wildman–Crippen MR) is 142 cm³/mol. The third kappa shape index (κ3) is 4.44. The van der Waals surface area contributed by atoms with Gasteiger partial charge < -0.3 is 4.84 Å². The number of aromatic nitrogens is 2. The first kappa shape index (κ1) is 22.9. The quantitative estimate of drug-likeness (QED) is 0.181. The summed E-state index contributed by atoms with van der Waals surface area (Å²) in [6.07, 6.45) is 7.35. The molecule has 0 radical (unpaired) electrons. The molecule has 2 aliphatic carbocycles. The molecule has 0 saturated heterocycles. The van der Waals surface area contributed by atoms with Crippen molar-refractivity contribution in [3.8, 4) is 0 Å². The van der Waals surface area contributed by atoms with E-state index in [1.54, 1.807) is 12.1 Å². The number of allylic oxidation sites excluding steroid dienone is 1. The highest BCUT2D eigenvalue weighted by Crippen LogP contribution is 2.43. The van der Waals surface area contributed by atoms with E-state index in [4.69, 9.17) is 9.94 Å². The summed E-state index contributed by atoms with van der Waals surface area (Å²) in [4.78, 5) is 16.2. The second-order valence-electron chi connectivity index (χ2n) is 9.63. The molecule has 1 heterocycles. The second-order valence-corrected chi connectivity index (χ2v) is 9.63. The summed E-state index contributed by atoms with van der Waals surface area (Å²) in [5.41, 5.74) is 6.90. The summed E-state index contributed by atoms with van der Waals surface area (Å²) in [7, 11) is 0. The van der Waals surface area contributed by atoms with Crippen LogP contribution in [0, 0.1) is 16.0 Å². The van der Waals surface area contributed by atoms with Crippen LogP contribution in [0.25, 0.3) is 6.08 Å². The highest BCUT2D eigenvalue weighted by Gasteiger charge is 2.39. The molecule has 7 heteroatoms. The average Bonchev–Trinajstić information content (AvgIpc) is 3.71. The Morgan fingerprint density at radius 1 is 1.00 bits per heavy atom. The largest absolute Gasteiger partial charge is 0.391 e. The van der Waals surface area contributed by atoms with E-state index in [9.17, 15) is 10.1 Å². The maximum absolute atomic E-state index is 10.9. The first-order valence-corrected chi connectivity index (χ1v) is 12.5. The maximum atomic E-state index is 10.9. The standard InChI is InChI=1S/C30H26N4O3/c35-34(36)25-15-11-21(12-16-25)20-37-33-28(22-13-14-22)29-26-17-18-30(19-27(26)31-32-29,23-7-3-1-4-8-23)24-9-5-2-6-10-24/h1-12,15-18,22H,13-14,19-20H2,(H,31,32)/b33-28+. The van der Waals surface area contributed by atoms with Gasteiger partial charge >= 0.3 is 0 Å². The van der Waals surface area contributed by atoms with E-state index in [1.807, 2.05) is 12.1 Å². The van der Waals surface area contributed by atoms with E-state index in [-0.39, 0.29) is 17.7 Å². The van der Waals surface area contributed by atoms with E-state index >= 15 is 0 Å². The van der Waals surface area contributed by atoms with Gasteiger partial charge in [-0.2, -0.15) is 5.10 Å². The Kier molecular flexibility index (Phi) is 5.88. The molecule has 1 aromatic heterocycles. The number of non-ortho nitro benzene ring substituents is 1. The minimum Gasteiger partial charge on any atom is -0.391 e. The van der Waals surface area contributed by atoms with Crippen LogP contribution < -0.4 is 0 Å². The molecule has 37 heavy (non-hydrogen) atoms. The van der Waals surface area contributed by atoms with Crippen molar-refractivity contribution in [2.24, 2.45) is 11.1 Å². The summed E-state index contributed by atoms with van der Waals surface area (Å²) in [5, 5.41) is 23.4. The normalized spacial score (nSPS) is 16.3. The number of hydrogen-bond donors (Lipinski definition) is 1. The molecule has 4 aromatic rings. The topological polar surface area (TPSA) is 93.4 Å². The highest BCUT2D eigenvalue weighted by molar-refractivity contribution is 6.04. The Morgan fingerprint density at radius 2 is 1.65 bits per heavy atom. The number of H-pyrrole nitrogens is 1. The summed E-state index contributed by atoms with van der Waals surface area (Å²) < 4.78 is 0. The van der Waals surface area contributed by atoms with Gasteiger partial charge in [0.25, 0.3) is 5.69 Å². The fourth-order valence-electron chi connectivity index (χ4n) is 5.05. The van der Waals surface area contributed by atoms with Gasteiger partial charge in [-0.05, 0) is 41.7 Å². The number of aromatic amines is 1. The van der Waals surface area contributed by atoms with Crippen molar-refractivity contribution in [3.63, 3.8) is 0 Å². The van der Waals surface area contributed by atoms with E-state index in [1.165, 1.54) is 23.3 Å². The van der Waals surface area contributed by atoms with Gasteiger partial charge in [0.15, 0.2) is 0 Å². The summed E-state index contributed by atoms with van der Waals surface area (Å²) >= 11 is 0. The number of fused-ring (bicyclic) bond motifs is 1. The molecule has 1 N–H and O–H groups in total. The number of hydrogen-bond acceptors (Lipinski definition) is 5. The first-order chi connectivity index (χ1) is 18.1. The number of oxime groups is 1. The van der Waals surface area contributed by atoms with Gasteiger partial charge in [0.1, 0.15) is 18.0 Å². The Bertz CT molecular complexity index is 1430. The van der Waals surface area contributed by atoms with Crippen molar-refractivity contribution in [1.29, 1.82) is 0 Å². The summed E-state index contributed by atoms with van der Waals surface area (Å²) in [5.74, 6) is 0.326. The Morgan fingerprint density at radius 3 is 2.24 bits per heavy atom. The minimum atomic E-state index is -0.410. The Hall–Kier alpha value is -4.52. The lowest BCUT2D eigenvalue weighted by Crippen LogP contribution is -2.30. The number of nitro benzene ring substituents is 1. The fraction of sp³-hybridized carbons (Fsp3) is 0.200. The SMILES string of the molecule is O=[N+]([O-])c1ccc(CO/N=C(/c2n[nH]c3c2C=CC(c2ccccc2)(c2ccccc2)C3)C2CC2)cc1. The number of rotatable bonds is 8. The van der Waals surface area contributed by atoms with Crippen LogP contribution in [0.1, 0.15) is 46.5 Å². The van der Waals surface area contributed by atoms with Crippen LogP contribution in [0.3, 0.4) is 0 Å². The lowest BCUT2D eigenvalue weighted by molar-refractivity contribution is -0.384. The Balaban J connectivity index is 1.29. The molecule has 6 rings (SSSR count). The van der Waals surface area contributed by atoms with Crippen molar-refractivity contribution in [3.05, 3.63) is 135 Å². The van der Waals surface area contributed by atoms with Crippen molar-refractivity contribution in [2.45, 2.75) is 31.3 Å². The van der Waals surface area contributed by atoms with Crippen LogP contribution in [0.2, 0.25) is 0 Å². The molecule has 0 aliphatic heterocycles. The van der Waals surface area contributed by atoms with Crippen LogP contribution in [0.15, 0.2) is 96.2 Å². The molecule has 184 valence electrons. The lowest BCUT2D eigenvalue weighted by atomic mass is 9.68. The van der Waals surface area contributed by atoms with Crippen LogP contribution in [0.4, 0.5) is 5.69 Å². The van der Waals surface area contributed by atoms with Crippen LogP contribution in [-0.4, -0.2) is 20.8 Å². The van der Waals surface area contributed by atoms with E-state index in [0.29, 0.717) is 5.92 Å². The average molecular weight is 491 g/mol. The molecule has 0 spiro atoms. The van der Waals surface area contributed by atoms with Gasteiger partial charge in [-0.15, -0.1) is 0 Å². The lowest BCUT2D eigenvalue weighted by Gasteiger charge is -2.34. The third-order valence-electron chi connectivity index (χ3n) is 7.20. The Labute approximate surface area is 214 Å². The van der Waals surface area contributed by atoms with Gasteiger partial charge in [0.05, 0.1) is 4.92 Å². The van der Waals surface area contributed by atoms with E-state index < -0.39 is 4.92 Å². The first-order valence-electron chi connectivity index (χ1n) is 12.5. The molecule has 0 unspecified atom stereocenters. The van der Waals surface area contributed by atoms with Gasteiger partial charge in [0, 0.05) is 41.1 Å². The van der Waals surface area contributed by atoms with Crippen molar-refractivity contribution in [1.82, 2.24) is 10.2 Å². The number of nitrogens with zero attached hydrogens (tertiary/aromatic N) is 3. The molecule has 1 saturated carbocycles. The van der Waals surface area contributed by atoms with Crippen molar-refractivity contribution >= 4 is 17.5 Å². The predicted octanol–water partition coefficient (Wildman–Crippen LogP) is 6.20. The molecule has 1 fully saturated rings. The molecular weight excluding hydrogens is 464 g/mol. The van der Waals surface area contributed by atoms with Crippen LogP contribution in [0.5, 0.6) is 0 Å². The maximum Gasteiger partial charge on any atom is 0.269 e. The third-order valence-corrected chi connectivity index (χ3v) is 7.20. The monoisotopic (exact) mass is 490 g/mol. The molecule has 0 atom stereocenters. The van der Waals surface area contributed by atoms with Gasteiger partial charge in [0.2, 0.25) is 0 Å². The molecule has 7 nitrogen and oxygen atoms in total. The zero-order chi connectivity index (χ0) is 25.2. The minimum absolute atomic E-state index is 0.0583. The molecular formula is C30H26N4O3. The second kappa shape index (κ2) is 9.50. The van der Waals surface area contributed by atoms with Gasteiger partial charge in [-0.25, -0.2) is 0 Å². The van der Waals surface area contributed by atoms with Gasteiger partial charge in [-0.3, -0.25) is 15.2 Å². The van der Waals surface area contributed by atoms with Crippen molar-refractivity contribution in [2.75, 3.05) is 0 Å². The number of nitrogens with one attached hydrogen (secondary N) is 1. The highest BCUT2D eigenvalue weighted by atomic mass is 16.6. The van der Waals surface area contributed by atoms with Gasteiger partial charge in [-0.1, -0.05) is 78.0 Å². The van der Waals surface area contributed by atoms with Crippen molar-refractivity contribution < 1.29 is 9.76 Å². The number of nitro groups is 1. The molecule has 0 amide bonds. The fourth-order valence-corrected chi connectivity index (χ4v) is 5.05. The van der Waals surface area contributed by atoms with Crippen LogP contribution in [-0.2, 0) is 23.3 Å².